The van der Waals surface area contributed by atoms with Crippen molar-refractivity contribution in [2.75, 3.05) is 0 Å². The summed E-state index contributed by atoms with van der Waals surface area (Å²) in [6.45, 7) is 1.87. The second-order valence-electron chi connectivity index (χ2n) is 2.44. The fourth-order valence-corrected chi connectivity index (χ4v) is 0.823. The van der Waals surface area contributed by atoms with E-state index in [-0.39, 0.29) is 11.8 Å². The maximum Gasteiger partial charge on any atom is 0.332 e. The third kappa shape index (κ3) is 2.40. The van der Waals surface area contributed by atoms with Gasteiger partial charge in [0, 0.05) is 12.6 Å². The summed E-state index contributed by atoms with van der Waals surface area (Å²) in [5.74, 6) is -0.284. The van der Waals surface area contributed by atoms with E-state index in [1.807, 2.05) is 6.92 Å². The Balaban J connectivity index is 2.62. The topological polar surface area (TPSA) is 61.2 Å². The number of hydrogen-bond acceptors (Lipinski definition) is 4. The maximum absolute atomic E-state index is 11.0. The van der Waals surface area contributed by atoms with Crippen molar-refractivity contribution in [1.82, 2.24) is 9.71 Å². The van der Waals surface area contributed by atoms with Gasteiger partial charge < -0.3 is 4.84 Å². The summed E-state index contributed by atoms with van der Waals surface area (Å²) >= 11 is 0. The Labute approximate surface area is 75.3 Å². The molecule has 0 spiro atoms. The molecule has 13 heavy (non-hydrogen) atoms. The second kappa shape index (κ2) is 4.39. The molecule has 0 fully saturated rings. The average molecular weight is 182 g/mol. The predicted octanol–water partition coefficient (Wildman–Crippen LogP) is 0.451. The molecule has 0 aromatic carbocycles. The minimum absolute atomic E-state index is 0.0875. The predicted molar refractivity (Wildman–Crippen MR) is 44.1 cm³/mol. The molecule has 1 rings (SSSR count). The van der Waals surface area contributed by atoms with Crippen LogP contribution >= 0.6 is 0 Å². The Morgan fingerprint density at radius 1 is 1.77 bits per heavy atom. The van der Waals surface area contributed by atoms with Crippen LogP contribution in [-0.2, 0) is 4.79 Å². The zero-order valence-corrected chi connectivity index (χ0v) is 7.27. The molecule has 0 aliphatic heterocycles. The Morgan fingerprint density at radius 3 is 3.15 bits per heavy atom. The van der Waals surface area contributed by atoms with Gasteiger partial charge in [0.2, 0.25) is 5.82 Å². The highest BCUT2D eigenvalue weighted by atomic mass is 16.7. The van der Waals surface area contributed by atoms with Crippen LogP contribution in [0.15, 0.2) is 12.4 Å². The average Bonchev–Trinajstić information content (AvgIpc) is 2.52. The van der Waals surface area contributed by atoms with Gasteiger partial charge in [-0.15, -0.1) is 0 Å². The minimum atomic E-state index is -0.372. The van der Waals surface area contributed by atoms with E-state index in [2.05, 4.69) is 4.98 Å². The molecule has 0 aliphatic rings. The Hall–Kier alpha value is -1.65. The van der Waals surface area contributed by atoms with Crippen LogP contribution in [0.2, 0.25) is 0 Å². The molecule has 70 valence electrons. The van der Waals surface area contributed by atoms with Crippen molar-refractivity contribution >= 4 is 12.3 Å². The first-order chi connectivity index (χ1) is 6.27. The highest BCUT2D eigenvalue weighted by Crippen LogP contribution is 1.93. The second-order valence-corrected chi connectivity index (χ2v) is 2.44. The first-order valence-electron chi connectivity index (χ1n) is 3.97. The molecule has 1 aromatic rings. The van der Waals surface area contributed by atoms with Crippen LogP contribution < -0.4 is 4.84 Å². The fraction of sp³-hybridized carbons (Fsp3) is 0.375. The zero-order valence-electron chi connectivity index (χ0n) is 7.27. The molecule has 0 radical (unpaired) electrons. The number of carbonyl (C=O) groups excluding carboxylic acids is 2. The third-order valence-corrected chi connectivity index (χ3v) is 1.39. The Morgan fingerprint density at radius 2 is 2.54 bits per heavy atom. The van der Waals surface area contributed by atoms with E-state index < -0.39 is 0 Å². The third-order valence-electron chi connectivity index (χ3n) is 1.39. The van der Waals surface area contributed by atoms with Crippen molar-refractivity contribution in [3.63, 3.8) is 0 Å². The lowest BCUT2D eigenvalue weighted by Crippen LogP contribution is -2.20. The summed E-state index contributed by atoms with van der Waals surface area (Å²) in [7, 11) is 0. The van der Waals surface area contributed by atoms with Crippen LogP contribution in [0.3, 0.4) is 0 Å². The lowest BCUT2D eigenvalue weighted by atomic mass is 10.3. The van der Waals surface area contributed by atoms with Crippen molar-refractivity contribution in [3.05, 3.63) is 18.2 Å². The van der Waals surface area contributed by atoms with Crippen molar-refractivity contribution in [1.29, 1.82) is 0 Å². The van der Waals surface area contributed by atoms with E-state index in [0.29, 0.717) is 19.1 Å². The van der Waals surface area contributed by atoms with E-state index in [1.54, 1.807) is 0 Å². The molecular weight excluding hydrogens is 172 g/mol. The lowest BCUT2D eigenvalue weighted by molar-refractivity contribution is -0.144. The minimum Gasteiger partial charge on any atom is -0.335 e. The Kier molecular flexibility index (Phi) is 3.19. The summed E-state index contributed by atoms with van der Waals surface area (Å²) < 4.78 is 1.06. The maximum atomic E-state index is 11.0. The number of imidazole rings is 1. The number of hydrogen-bond donors (Lipinski definition) is 0. The van der Waals surface area contributed by atoms with Crippen LogP contribution in [-0.4, -0.2) is 22.0 Å². The monoisotopic (exact) mass is 182 g/mol. The van der Waals surface area contributed by atoms with Crippen LogP contribution in [0.5, 0.6) is 0 Å². The summed E-state index contributed by atoms with van der Waals surface area (Å²) in [6, 6.07) is 0. The summed E-state index contributed by atoms with van der Waals surface area (Å²) in [6.07, 6.45) is 4.37. The molecule has 5 heteroatoms. The van der Waals surface area contributed by atoms with Gasteiger partial charge in [0.25, 0.3) is 0 Å². The van der Waals surface area contributed by atoms with Crippen molar-refractivity contribution in [3.8, 4) is 0 Å². The van der Waals surface area contributed by atoms with Crippen LogP contribution in [0, 0.1) is 0 Å². The van der Waals surface area contributed by atoms with Gasteiger partial charge in [0.05, 0.1) is 6.20 Å². The summed E-state index contributed by atoms with van der Waals surface area (Å²) in [5, 5.41) is 0. The number of nitrogens with zero attached hydrogens (tertiary/aromatic N) is 2. The zero-order chi connectivity index (χ0) is 9.68. The Bertz CT molecular complexity index is 306. The molecule has 1 aromatic heterocycles. The molecule has 1 heterocycles. The molecule has 0 unspecified atom stereocenters. The van der Waals surface area contributed by atoms with Crippen LogP contribution in [0.1, 0.15) is 30.4 Å². The molecule has 0 amide bonds. The number of aromatic nitrogens is 2. The lowest BCUT2D eigenvalue weighted by Gasteiger charge is -2.02. The van der Waals surface area contributed by atoms with Crippen LogP contribution in [0.4, 0.5) is 0 Å². The van der Waals surface area contributed by atoms with Gasteiger partial charge in [-0.2, -0.15) is 4.73 Å². The smallest absolute Gasteiger partial charge is 0.332 e. The quantitative estimate of drug-likeness (QED) is 0.634. The van der Waals surface area contributed by atoms with Gasteiger partial charge >= 0.3 is 5.97 Å². The van der Waals surface area contributed by atoms with E-state index in [1.165, 1.54) is 12.4 Å². The van der Waals surface area contributed by atoms with Gasteiger partial charge in [-0.25, -0.2) is 9.78 Å². The van der Waals surface area contributed by atoms with Gasteiger partial charge in [-0.05, 0) is 6.42 Å². The molecule has 0 atom stereocenters. The van der Waals surface area contributed by atoms with E-state index in [4.69, 9.17) is 4.84 Å². The van der Waals surface area contributed by atoms with Gasteiger partial charge in [0.1, 0.15) is 0 Å². The number of rotatable bonds is 4. The van der Waals surface area contributed by atoms with Gasteiger partial charge in [-0.3, -0.25) is 4.79 Å². The number of carbonyl (C=O) groups is 2. The van der Waals surface area contributed by atoms with Crippen LogP contribution in [0.25, 0.3) is 0 Å². The largest absolute Gasteiger partial charge is 0.335 e. The first-order valence-corrected chi connectivity index (χ1v) is 3.97. The molecule has 0 N–H and O–H groups in total. The van der Waals surface area contributed by atoms with E-state index in [0.717, 1.165) is 4.73 Å². The van der Waals surface area contributed by atoms with Gasteiger partial charge in [0.15, 0.2) is 6.29 Å². The fourth-order valence-electron chi connectivity index (χ4n) is 0.823. The van der Waals surface area contributed by atoms with Crippen molar-refractivity contribution in [2.45, 2.75) is 19.8 Å². The standard InChI is InChI=1S/C8H10N2O3/c1-2-3-8(12)13-10-5-4-9-7(10)6-11/h4-6H,2-3H2,1H3. The molecule has 0 aliphatic carbocycles. The summed E-state index contributed by atoms with van der Waals surface area (Å²) in [5.41, 5.74) is 0. The first kappa shape index (κ1) is 9.44. The number of aldehydes is 1. The van der Waals surface area contributed by atoms with E-state index in [9.17, 15) is 9.59 Å². The van der Waals surface area contributed by atoms with Crippen molar-refractivity contribution in [2.24, 2.45) is 0 Å². The normalized spacial score (nSPS) is 9.62. The van der Waals surface area contributed by atoms with Gasteiger partial charge in [-0.1, -0.05) is 6.92 Å². The molecule has 5 nitrogen and oxygen atoms in total. The van der Waals surface area contributed by atoms with E-state index >= 15 is 0 Å². The highest BCUT2D eigenvalue weighted by molar-refractivity contribution is 5.72. The molecule has 0 saturated carbocycles. The highest BCUT2D eigenvalue weighted by Gasteiger charge is 2.06. The molecular formula is C8H10N2O3. The van der Waals surface area contributed by atoms with Crippen molar-refractivity contribution < 1.29 is 14.4 Å². The molecule has 0 bridgehead atoms. The molecule has 0 saturated heterocycles. The summed E-state index contributed by atoms with van der Waals surface area (Å²) in [4.78, 5) is 29.8. The SMILES string of the molecule is CCCC(=O)On1ccnc1C=O.